The molecule has 0 aromatic heterocycles. The van der Waals surface area contributed by atoms with Crippen LogP contribution in [0.2, 0.25) is 5.02 Å². The summed E-state index contributed by atoms with van der Waals surface area (Å²) in [5.41, 5.74) is 7.31. The molecule has 3 nitrogen and oxygen atoms in total. The van der Waals surface area contributed by atoms with E-state index in [1.54, 1.807) is 6.92 Å². The zero-order valence-electron chi connectivity index (χ0n) is 11.3. The number of nitrogens with two attached hydrogens (primary N) is 1. The van der Waals surface area contributed by atoms with Gasteiger partial charge < -0.3 is 10.8 Å². The summed E-state index contributed by atoms with van der Waals surface area (Å²) in [6.07, 6.45) is 0.502. The summed E-state index contributed by atoms with van der Waals surface area (Å²) < 4.78 is 0. The van der Waals surface area contributed by atoms with Gasteiger partial charge in [-0.15, -0.1) is 0 Å². The Hall–Kier alpha value is -0.610. The Kier molecular flexibility index (Phi) is 6.09. The molecule has 0 heterocycles. The van der Waals surface area contributed by atoms with Gasteiger partial charge in [-0.3, -0.25) is 4.90 Å². The monoisotopic (exact) mass is 270 g/mol. The fourth-order valence-electron chi connectivity index (χ4n) is 2.27. The normalized spacial score (nSPS) is 16.6. The van der Waals surface area contributed by atoms with Crippen LogP contribution in [0.3, 0.4) is 0 Å². The third kappa shape index (κ3) is 4.25. The van der Waals surface area contributed by atoms with E-state index in [-0.39, 0.29) is 18.2 Å². The van der Waals surface area contributed by atoms with Crippen molar-refractivity contribution in [3.63, 3.8) is 0 Å². The summed E-state index contributed by atoms with van der Waals surface area (Å²) in [7, 11) is 1.98. The van der Waals surface area contributed by atoms with Gasteiger partial charge in [-0.05, 0) is 38.1 Å². The van der Waals surface area contributed by atoms with Crippen LogP contribution in [0.5, 0.6) is 0 Å². The van der Waals surface area contributed by atoms with Crippen molar-refractivity contribution in [3.05, 3.63) is 34.9 Å². The van der Waals surface area contributed by atoms with E-state index < -0.39 is 0 Å². The lowest BCUT2D eigenvalue weighted by atomic mass is 9.96. The lowest BCUT2D eigenvalue weighted by molar-refractivity contribution is 0.107. The van der Waals surface area contributed by atoms with Gasteiger partial charge >= 0.3 is 0 Å². The highest BCUT2D eigenvalue weighted by molar-refractivity contribution is 6.30. The first kappa shape index (κ1) is 15.4. The number of likely N-dealkylation sites (N-methyl/N-ethyl adjacent to an activating group) is 1. The average molecular weight is 271 g/mol. The van der Waals surface area contributed by atoms with E-state index in [1.165, 1.54) is 0 Å². The van der Waals surface area contributed by atoms with Crippen LogP contribution in [0.4, 0.5) is 0 Å². The van der Waals surface area contributed by atoms with Crippen LogP contribution in [0, 0.1) is 0 Å². The SMILES string of the molecule is CCC(N)C(c1cccc(Cl)c1)N(C)CC(C)O. The van der Waals surface area contributed by atoms with Crippen LogP contribution in [0.25, 0.3) is 0 Å². The molecule has 102 valence electrons. The fourth-order valence-corrected chi connectivity index (χ4v) is 2.47. The minimum atomic E-state index is -0.374. The van der Waals surface area contributed by atoms with Crippen molar-refractivity contribution < 1.29 is 5.11 Å². The second-order valence-electron chi connectivity index (χ2n) is 4.86. The third-order valence-corrected chi connectivity index (χ3v) is 3.33. The number of aliphatic hydroxyl groups is 1. The van der Waals surface area contributed by atoms with E-state index in [1.807, 2.05) is 31.3 Å². The Labute approximate surface area is 115 Å². The van der Waals surface area contributed by atoms with Crippen molar-refractivity contribution in [1.29, 1.82) is 0 Å². The van der Waals surface area contributed by atoms with Crippen molar-refractivity contribution in [2.45, 2.75) is 38.5 Å². The molecule has 3 N–H and O–H groups in total. The van der Waals surface area contributed by atoms with Gasteiger partial charge in [0.2, 0.25) is 0 Å². The molecule has 0 spiro atoms. The Morgan fingerprint density at radius 1 is 1.44 bits per heavy atom. The van der Waals surface area contributed by atoms with E-state index >= 15 is 0 Å². The highest BCUT2D eigenvalue weighted by Crippen LogP contribution is 2.26. The predicted molar refractivity (Wildman–Crippen MR) is 76.8 cm³/mol. The summed E-state index contributed by atoms with van der Waals surface area (Å²) >= 11 is 6.04. The van der Waals surface area contributed by atoms with Gasteiger partial charge in [-0.1, -0.05) is 30.7 Å². The Bertz CT molecular complexity index is 371. The van der Waals surface area contributed by atoms with Gasteiger partial charge in [-0.2, -0.15) is 0 Å². The number of benzene rings is 1. The summed E-state index contributed by atoms with van der Waals surface area (Å²) in [6.45, 7) is 4.44. The van der Waals surface area contributed by atoms with Gasteiger partial charge in [0.05, 0.1) is 6.10 Å². The molecule has 1 aromatic rings. The Balaban J connectivity index is 2.97. The molecule has 0 radical (unpaired) electrons. The summed E-state index contributed by atoms with van der Waals surface area (Å²) in [5.74, 6) is 0. The molecule has 0 saturated heterocycles. The van der Waals surface area contributed by atoms with Crippen LogP contribution < -0.4 is 5.73 Å². The number of rotatable bonds is 6. The van der Waals surface area contributed by atoms with Crippen molar-refractivity contribution in [2.24, 2.45) is 5.73 Å². The maximum Gasteiger partial charge on any atom is 0.0639 e. The number of hydrogen-bond donors (Lipinski definition) is 2. The minimum absolute atomic E-state index is 0.0206. The number of hydrogen-bond acceptors (Lipinski definition) is 3. The van der Waals surface area contributed by atoms with E-state index in [0.29, 0.717) is 11.6 Å². The van der Waals surface area contributed by atoms with E-state index in [9.17, 15) is 5.11 Å². The van der Waals surface area contributed by atoms with Gasteiger partial charge in [0.1, 0.15) is 0 Å². The lowest BCUT2D eigenvalue weighted by Gasteiger charge is -2.33. The first-order valence-corrected chi connectivity index (χ1v) is 6.72. The molecule has 1 rings (SSSR count). The summed E-state index contributed by atoms with van der Waals surface area (Å²) in [5, 5.41) is 10.2. The minimum Gasteiger partial charge on any atom is -0.392 e. The molecule has 18 heavy (non-hydrogen) atoms. The summed E-state index contributed by atoms with van der Waals surface area (Å²) in [4.78, 5) is 2.09. The molecule has 0 amide bonds. The molecule has 0 aliphatic carbocycles. The van der Waals surface area contributed by atoms with Crippen LogP contribution >= 0.6 is 11.6 Å². The smallest absolute Gasteiger partial charge is 0.0639 e. The zero-order valence-corrected chi connectivity index (χ0v) is 12.1. The van der Waals surface area contributed by atoms with E-state index in [2.05, 4.69) is 11.8 Å². The van der Waals surface area contributed by atoms with Crippen molar-refractivity contribution in [2.75, 3.05) is 13.6 Å². The molecular formula is C14H23ClN2O. The van der Waals surface area contributed by atoms with Crippen molar-refractivity contribution >= 4 is 11.6 Å². The molecular weight excluding hydrogens is 248 g/mol. The molecule has 3 unspecified atom stereocenters. The van der Waals surface area contributed by atoms with E-state index in [4.69, 9.17) is 17.3 Å². The highest BCUT2D eigenvalue weighted by atomic mass is 35.5. The molecule has 0 saturated carbocycles. The molecule has 0 fully saturated rings. The maximum absolute atomic E-state index is 9.52. The summed E-state index contributed by atoms with van der Waals surface area (Å²) in [6, 6.07) is 7.86. The molecule has 0 aliphatic heterocycles. The van der Waals surface area contributed by atoms with Gasteiger partial charge in [0.15, 0.2) is 0 Å². The fraction of sp³-hybridized carbons (Fsp3) is 0.571. The van der Waals surface area contributed by atoms with Gasteiger partial charge in [0, 0.05) is 23.7 Å². The van der Waals surface area contributed by atoms with Crippen LogP contribution in [-0.2, 0) is 0 Å². The molecule has 3 atom stereocenters. The number of nitrogens with zero attached hydrogens (tertiary/aromatic N) is 1. The molecule has 1 aromatic carbocycles. The second-order valence-corrected chi connectivity index (χ2v) is 5.30. The number of aliphatic hydroxyl groups excluding tert-OH is 1. The first-order chi connectivity index (χ1) is 8.45. The van der Waals surface area contributed by atoms with Crippen LogP contribution in [-0.4, -0.2) is 35.7 Å². The highest BCUT2D eigenvalue weighted by Gasteiger charge is 2.23. The zero-order chi connectivity index (χ0) is 13.7. The lowest BCUT2D eigenvalue weighted by Crippen LogP contribution is -2.41. The van der Waals surface area contributed by atoms with Crippen LogP contribution in [0.15, 0.2) is 24.3 Å². The number of halogens is 1. The Morgan fingerprint density at radius 3 is 2.61 bits per heavy atom. The Morgan fingerprint density at radius 2 is 2.11 bits per heavy atom. The van der Waals surface area contributed by atoms with Crippen LogP contribution in [0.1, 0.15) is 31.9 Å². The molecule has 4 heteroatoms. The molecule has 0 aliphatic rings. The van der Waals surface area contributed by atoms with Gasteiger partial charge in [0.25, 0.3) is 0 Å². The molecule has 0 bridgehead atoms. The van der Waals surface area contributed by atoms with E-state index in [0.717, 1.165) is 12.0 Å². The first-order valence-electron chi connectivity index (χ1n) is 6.35. The maximum atomic E-state index is 9.52. The largest absolute Gasteiger partial charge is 0.392 e. The standard InChI is InChI=1S/C14H23ClN2O/c1-4-13(16)14(17(3)9-10(2)18)11-6-5-7-12(15)8-11/h5-8,10,13-14,18H,4,9,16H2,1-3H3. The van der Waals surface area contributed by atoms with Crippen molar-refractivity contribution in [1.82, 2.24) is 4.90 Å². The van der Waals surface area contributed by atoms with Gasteiger partial charge in [-0.25, -0.2) is 0 Å². The predicted octanol–water partition coefficient (Wildman–Crippen LogP) is 2.43. The topological polar surface area (TPSA) is 49.5 Å². The quantitative estimate of drug-likeness (QED) is 0.835. The second kappa shape index (κ2) is 7.10. The van der Waals surface area contributed by atoms with Crippen molar-refractivity contribution in [3.8, 4) is 0 Å². The average Bonchev–Trinajstić information content (AvgIpc) is 2.28. The third-order valence-electron chi connectivity index (χ3n) is 3.09.